The summed E-state index contributed by atoms with van der Waals surface area (Å²) in [7, 11) is 0. The second-order valence-corrected chi connectivity index (χ2v) is 7.18. The zero-order valence-corrected chi connectivity index (χ0v) is 14.6. The topological polar surface area (TPSA) is 35.6 Å². The van der Waals surface area contributed by atoms with E-state index in [1.165, 1.54) is 24.1 Å². The Balaban J connectivity index is 1.48. The molecule has 4 nitrogen and oxygen atoms in total. The summed E-state index contributed by atoms with van der Waals surface area (Å²) < 4.78 is 0. The lowest BCUT2D eigenvalue weighted by Crippen LogP contribution is -2.50. The number of hydrogen-bond acceptors (Lipinski definition) is 3. The molecule has 1 saturated heterocycles. The third kappa shape index (κ3) is 4.39. The van der Waals surface area contributed by atoms with Crippen molar-refractivity contribution in [2.24, 2.45) is 0 Å². The van der Waals surface area contributed by atoms with Crippen molar-refractivity contribution in [3.63, 3.8) is 0 Å². The van der Waals surface area contributed by atoms with Crippen LogP contribution >= 0.6 is 11.6 Å². The first-order chi connectivity index (χ1) is 11.1. The minimum Gasteiger partial charge on any atom is -0.369 e. The van der Waals surface area contributed by atoms with Crippen LogP contribution in [0.2, 0.25) is 5.02 Å². The van der Waals surface area contributed by atoms with Gasteiger partial charge in [-0.2, -0.15) is 0 Å². The monoisotopic (exact) mass is 335 g/mol. The van der Waals surface area contributed by atoms with E-state index >= 15 is 0 Å². The van der Waals surface area contributed by atoms with Gasteiger partial charge < -0.3 is 10.2 Å². The van der Waals surface area contributed by atoms with Crippen LogP contribution in [0, 0.1) is 6.92 Å². The van der Waals surface area contributed by atoms with Crippen LogP contribution in [0.15, 0.2) is 18.2 Å². The maximum Gasteiger partial charge on any atom is 0.234 e. The fourth-order valence-corrected chi connectivity index (χ4v) is 3.78. The first kappa shape index (κ1) is 16.6. The van der Waals surface area contributed by atoms with Crippen LogP contribution in [-0.4, -0.2) is 49.6 Å². The third-order valence-corrected chi connectivity index (χ3v) is 5.21. The van der Waals surface area contributed by atoms with Crippen molar-refractivity contribution in [3.05, 3.63) is 28.8 Å². The largest absolute Gasteiger partial charge is 0.369 e. The van der Waals surface area contributed by atoms with E-state index in [4.69, 9.17) is 11.6 Å². The van der Waals surface area contributed by atoms with Gasteiger partial charge in [0.15, 0.2) is 0 Å². The SMILES string of the molecule is Cc1ccc(Cl)cc1N1CCN(CC(=O)NC2CCCC2)CC1. The van der Waals surface area contributed by atoms with Gasteiger partial charge in [0.05, 0.1) is 6.54 Å². The summed E-state index contributed by atoms with van der Waals surface area (Å²) in [5.74, 6) is 0.185. The van der Waals surface area contributed by atoms with Crippen LogP contribution in [0.25, 0.3) is 0 Å². The molecular formula is C18H26ClN3O. The molecule has 0 bridgehead atoms. The van der Waals surface area contributed by atoms with Crippen LogP contribution in [0.5, 0.6) is 0 Å². The van der Waals surface area contributed by atoms with Gasteiger partial charge in [0.25, 0.3) is 0 Å². The third-order valence-electron chi connectivity index (χ3n) is 4.97. The first-order valence-electron chi connectivity index (χ1n) is 8.64. The molecule has 1 saturated carbocycles. The normalized spacial score (nSPS) is 20.0. The summed E-state index contributed by atoms with van der Waals surface area (Å²) in [6.07, 6.45) is 4.80. The molecule has 1 aliphatic heterocycles. The molecule has 2 aliphatic rings. The van der Waals surface area contributed by atoms with Crippen molar-refractivity contribution in [3.8, 4) is 0 Å². The maximum absolute atomic E-state index is 12.1. The van der Waals surface area contributed by atoms with Gasteiger partial charge in [-0.3, -0.25) is 9.69 Å². The molecule has 0 spiro atoms. The molecule has 0 aromatic heterocycles. The van der Waals surface area contributed by atoms with E-state index in [-0.39, 0.29) is 5.91 Å². The van der Waals surface area contributed by atoms with Crippen molar-refractivity contribution in [2.75, 3.05) is 37.6 Å². The average molecular weight is 336 g/mol. The second kappa shape index (κ2) is 7.54. The fourth-order valence-electron chi connectivity index (χ4n) is 3.62. The van der Waals surface area contributed by atoms with Gasteiger partial charge in [-0.05, 0) is 37.5 Å². The predicted molar refractivity (Wildman–Crippen MR) is 95.2 cm³/mol. The Morgan fingerprint density at radius 1 is 1.22 bits per heavy atom. The summed E-state index contributed by atoms with van der Waals surface area (Å²) in [6.45, 7) is 6.37. The van der Waals surface area contributed by atoms with E-state index < -0.39 is 0 Å². The maximum atomic E-state index is 12.1. The summed E-state index contributed by atoms with van der Waals surface area (Å²) in [5.41, 5.74) is 2.47. The standard InChI is InChI=1S/C18H26ClN3O/c1-14-6-7-15(19)12-17(14)22-10-8-21(9-11-22)13-18(23)20-16-4-2-3-5-16/h6-7,12,16H,2-5,8-11,13H2,1H3,(H,20,23). The Kier molecular flexibility index (Phi) is 5.44. The van der Waals surface area contributed by atoms with Gasteiger partial charge in [0.2, 0.25) is 5.91 Å². The number of nitrogens with one attached hydrogen (secondary N) is 1. The van der Waals surface area contributed by atoms with Gasteiger partial charge in [-0.15, -0.1) is 0 Å². The second-order valence-electron chi connectivity index (χ2n) is 6.74. The van der Waals surface area contributed by atoms with Crippen molar-refractivity contribution >= 4 is 23.2 Å². The Morgan fingerprint density at radius 2 is 1.91 bits per heavy atom. The lowest BCUT2D eigenvalue weighted by molar-refractivity contribution is -0.123. The molecule has 1 aromatic rings. The lowest BCUT2D eigenvalue weighted by atomic mass is 10.1. The van der Waals surface area contributed by atoms with Crippen LogP contribution in [0.3, 0.4) is 0 Å². The number of anilines is 1. The molecule has 0 unspecified atom stereocenters. The van der Waals surface area contributed by atoms with Crippen LogP contribution < -0.4 is 10.2 Å². The molecule has 1 N–H and O–H groups in total. The number of rotatable bonds is 4. The molecule has 0 radical (unpaired) electrons. The van der Waals surface area contributed by atoms with E-state index in [2.05, 4.69) is 28.1 Å². The van der Waals surface area contributed by atoms with E-state index in [9.17, 15) is 4.79 Å². The zero-order valence-electron chi connectivity index (χ0n) is 13.9. The molecule has 2 fully saturated rings. The highest BCUT2D eigenvalue weighted by Crippen LogP contribution is 2.25. The van der Waals surface area contributed by atoms with E-state index in [0.29, 0.717) is 12.6 Å². The van der Waals surface area contributed by atoms with Crippen molar-refractivity contribution in [1.29, 1.82) is 0 Å². The van der Waals surface area contributed by atoms with Gasteiger partial charge in [-0.1, -0.05) is 30.5 Å². The van der Waals surface area contributed by atoms with E-state index in [0.717, 1.165) is 44.0 Å². The number of carbonyl (C=O) groups excluding carboxylic acids is 1. The highest BCUT2D eigenvalue weighted by Gasteiger charge is 2.22. The summed E-state index contributed by atoms with van der Waals surface area (Å²) in [6, 6.07) is 6.46. The van der Waals surface area contributed by atoms with Crippen LogP contribution in [0.1, 0.15) is 31.2 Å². The lowest BCUT2D eigenvalue weighted by Gasteiger charge is -2.36. The van der Waals surface area contributed by atoms with Gasteiger partial charge >= 0.3 is 0 Å². The number of aryl methyl sites for hydroxylation is 1. The van der Waals surface area contributed by atoms with Gasteiger partial charge in [0, 0.05) is 42.9 Å². The number of nitrogens with zero attached hydrogens (tertiary/aromatic N) is 2. The molecule has 1 amide bonds. The molecule has 23 heavy (non-hydrogen) atoms. The highest BCUT2D eigenvalue weighted by atomic mass is 35.5. The number of amides is 1. The van der Waals surface area contributed by atoms with Crippen LogP contribution in [-0.2, 0) is 4.79 Å². The molecule has 1 heterocycles. The number of piperazine rings is 1. The van der Waals surface area contributed by atoms with Crippen molar-refractivity contribution < 1.29 is 4.79 Å². The Hall–Kier alpha value is -1.26. The summed E-state index contributed by atoms with van der Waals surface area (Å²) in [5, 5.41) is 3.96. The van der Waals surface area contributed by atoms with E-state index in [1.54, 1.807) is 0 Å². The average Bonchev–Trinajstić information content (AvgIpc) is 3.03. The number of halogens is 1. The molecular weight excluding hydrogens is 310 g/mol. The first-order valence-corrected chi connectivity index (χ1v) is 9.02. The Morgan fingerprint density at radius 3 is 2.61 bits per heavy atom. The molecule has 0 atom stereocenters. The van der Waals surface area contributed by atoms with Crippen LogP contribution in [0.4, 0.5) is 5.69 Å². The van der Waals surface area contributed by atoms with Crippen molar-refractivity contribution in [1.82, 2.24) is 10.2 Å². The van der Waals surface area contributed by atoms with E-state index in [1.807, 2.05) is 12.1 Å². The number of carbonyl (C=O) groups is 1. The minimum atomic E-state index is 0.185. The Labute approximate surface area is 143 Å². The summed E-state index contributed by atoms with van der Waals surface area (Å²) >= 11 is 6.12. The van der Waals surface area contributed by atoms with Crippen molar-refractivity contribution in [2.45, 2.75) is 38.6 Å². The molecule has 5 heteroatoms. The predicted octanol–water partition coefficient (Wildman–Crippen LogP) is 2.83. The Bertz CT molecular complexity index is 549. The number of benzene rings is 1. The quantitative estimate of drug-likeness (QED) is 0.919. The molecule has 126 valence electrons. The van der Waals surface area contributed by atoms with Gasteiger partial charge in [-0.25, -0.2) is 0 Å². The smallest absolute Gasteiger partial charge is 0.234 e. The van der Waals surface area contributed by atoms with Gasteiger partial charge in [0.1, 0.15) is 0 Å². The zero-order chi connectivity index (χ0) is 16.2. The fraction of sp³-hybridized carbons (Fsp3) is 0.611. The molecule has 1 aromatic carbocycles. The molecule has 3 rings (SSSR count). The molecule has 1 aliphatic carbocycles. The summed E-state index contributed by atoms with van der Waals surface area (Å²) in [4.78, 5) is 16.8. The number of hydrogen-bond donors (Lipinski definition) is 1. The highest BCUT2D eigenvalue weighted by molar-refractivity contribution is 6.30. The minimum absolute atomic E-state index is 0.185.